The van der Waals surface area contributed by atoms with E-state index < -0.39 is 4.92 Å². The van der Waals surface area contributed by atoms with Crippen LogP contribution in [0.3, 0.4) is 0 Å². The average molecular weight is 292 g/mol. The summed E-state index contributed by atoms with van der Waals surface area (Å²) in [5.41, 5.74) is 1.34. The Kier molecular flexibility index (Phi) is 4.74. The first-order valence-corrected chi connectivity index (χ1v) is 6.93. The van der Waals surface area contributed by atoms with Crippen LogP contribution in [0.5, 0.6) is 0 Å². The molecule has 1 amide bonds. The third-order valence-electron chi connectivity index (χ3n) is 3.37. The van der Waals surface area contributed by atoms with E-state index in [2.05, 4.69) is 10.6 Å². The van der Waals surface area contributed by atoms with E-state index in [1.807, 2.05) is 18.0 Å². The van der Waals surface area contributed by atoms with Crippen LogP contribution in [0.2, 0.25) is 0 Å². The molecule has 1 saturated carbocycles. The van der Waals surface area contributed by atoms with Gasteiger partial charge in [0.25, 0.3) is 5.69 Å². The quantitative estimate of drug-likeness (QED) is 0.585. The van der Waals surface area contributed by atoms with Gasteiger partial charge in [-0.05, 0) is 25.5 Å². The van der Waals surface area contributed by atoms with Gasteiger partial charge in [-0.15, -0.1) is 0 Å². The molecule has 1 fully saturated rings. The number of nitro groups is 1. The second-order valence-corrected chi connectivity index (χ2v) is 5.33. The maximum atomic E-state index is 11.7. The van der Waals surface area contributed by atoms with Gasteiger partial charge in [0.15, 0.2) is 0 Å². The van der Waals surface area contributed by atoms with Crippen molar-refractivity contribution < 1.29 is 9.72 Å². The van der Waals surface area contributed by atoms with Gasteiger partial charge in [0, 0.05) is 25.7 Å². The summed E-state index contributed by atoms with van der Waals surface area (Å²) >= 11 is 0. The van der Waals surface area contributed by atoms with Crippen molar-refractivity contribution in [1.82, 2.24) is 10.2 Å². The number of nitro benzene ring substituents is 1. The van der Waals surface area contributed by atoms with Crippen molar-refractivity contribution in [2.45, 2.75) is 25.4 Å². The minimum absolute atomic E-state index is 0.00330. The molecule has 21 heavy (non-hydrogen) atoms. The standard InChI is InChI=1S/C14H20N4O3/c1-15-14-10(4-3-5-12(14)18(20)21)8-17(2)9-13(19)16-11-6-7-11/h3-5,11,15H,6-9H2,1-2H3,(H,16,19). The first-order chi connectivity index (χ1) is 10.0. The highest BCUT2D eigenvalue weighted by Gasteiger charge is 2.24. The number of nitrogens with one attached hydrogen (secondary N) is 2. The van der Waals surface area contributed by atoms with Crippen LogP contribution in [0.1, 0.15) is 18.4 Å². The Labute approximate surface area is 123 Å². The van der Waals surface area contributed by atoms with E-state index >= 15 is 0 Å². The lowest BCUT2D eigenvalue weighted by atomic mass is 10.1. The fraction of sp³-hybridized carbons (Fsp3) is 0.500. The zero-order chi connectivity index (χ0) is 15.4. The average Bonchev–Trinajstić information content (AvgIpc) is 3.21. The van der Waals surface area contributed by atoms with E-state index in [4.69, 9.17) is 0 Å². The molecule has 114 valence electrons. The summed E-state index contributed by atoms with van der Waals surface area (Å²) in [6.45, 7) is 0.748. The Hall–Kier alpha value is -2.15. The molecule has 1 aromatic carbocycles. The molecule has 7 heteroatoms. The van der Waals surface area contributed by atoms with E-state index in [1.54, 1.807) is 13.1 Å². The third kappa shape index (κ3) is 4.16. The first-order valence-electron chi connectivity index (χ1n) is 6.93. The number of carbonyl (C=O) groups excluding carboxylic acids is 1. The molecule has 1 aliphatic rings. The second-order valence-electron chi connectivity index (χ2n) is 5.33. The number of anilines is 1. The number of likely N-dealkylation sites (N-methyl/N-ethyl adjacent to an activating group) is 1. The predicted molar refractivity (Wildman–Crippen MR) is 80.1 cm³/mol. The van der Waals surface area contributed by atoms with Gasteiger partial charge in [0.2, 0.25) is 5.91 Å². The van der Waals surface area contributed by atoms with Crippen LogP contribution in [0, 0.1) is 10.1 Å². The van der Waals surface area contributed by atoms with E-state index in [-0.39, 0.29) is 18.1 Å². The van der Waals surface area contributed by atoms with Gasteiger partial charge in [0.1, 0.15) is 5.69 Å². The number of carbonyl (C=O) groups is 1. The van der Waals surface area contributed by atoms with Crippen molar-refractivity contribution in [3.05, 3.63) is 33.9 Å². The van der Waals surface area contributed by atoms with Crippen LogP contribution in [0.25, 0.3) is 0 Å². The molecule has 1 aliphatic carbocycles. The molecule has 0 aliphatic heterocycles. The van der Waals surface area contributed by atoms with Crippen LogP contribution in [0.4, 0.5) is 11.4 Å². The van der Waals surface area contributed by atoms with Gasteiger partial charge in [-0.25, -0.2) is 0 Å². The highest BCUT2D eigenvalue weighted by Crippen LogP contribution is 2.28. The molecule has 1 aromatic rings. The van der Waals surface area contributed by atoms with Crippen LogP contribution in [0.15, 0.2) is 18.2 Å². The SMILES string of the molecule is CNc1c(CN(C)CC(=O)NC2CC2)cccc1[N+](=O)[O-]. The van der Waals surface area contributed by atoms with E-state index in [0.717, 1.165) is 18.4 Å². The highest BCUT2D eigenvalue weighted by atomic mass is 16.6. The van der Waals surface area contributed by atoms with Crippen molar-refractivity contribution in [3.63, 3.8) is 0 Å². The maximum Gasteiger partial charge on any atom is 0.292 e. The van der Waals surface area contributed by atoms with Gasteiger partial charge in [-0.2, -0.15) is 0 Å². The number of amides is 1. The Morgan fingerprint density at radius 3 is 2.76 bits per heavy atom. The highest BCUT2D eigenvalue weighted by molar-refractivity contribution is 5.78. The minimum atomic E-state index is -0.408. The summed E-state index contributed by atoms with van der Waals surface area (Å²) in [5.74, 6) is -0.00330. The Morgan fingerprint density at radius 1 is 1.48 bits per heavy atom. The van der Waals surface area contributed by atoms with Crippen LogP contribution < -0.4 is 10.6 Å². The molecule has 0 bridgehead atoms. The number of para-hydroxylation sites is 1. The molecular formula is C14H20N4O3. The molecule has 2 N–H and O–H groups in total. The molecule has 7 nitrogen and oxygen atoms in total. The fourth-order valence-corrected chi connectivity index (χ4v) is 2.25. The van der Waals surface area contributed by atoms with Crippen LogP contribution in [-0.2, 0) is 11.3 Å². The number of benzene rings is 1. The fourth-order valence-electron chi connectivity index (χ4n) is 2.25. The molecule has 0 aromatic heterocycles. The third-order valence-corrected chi connectivity index (χ3v) is 3.37. The van der Waals surface area contributed by atoms with Gasteiger partial charge >= 0.3 is 0 Å². The minimum Gasteiger partial charge on any atom is -0.382 e. The van der Waals surface area contributed by atoms with Gasteiger partial charge < -0.3 is 10.6 Å². The number of nitrogens with zero attached hydrogens (tertiary/aromatic N) is 2. The van der Waals surface area contributed by atoms with Gasteiger partial charge in [0.05, 0.1) is 11.5 Å². The molecule has 0 heterocycles. The lowest BCUT2D eigenvalue weighted by Gasteiger charge is -2.18. The summed E-state index contributed by atoms with van der Waals surface area (Å²) in [6, 6.07) is 5.30. The Morgan fingerprint density at radius 2 is 2.19 bits per heavy atom. The number of rotatable bonds is 7. The van der Waals surface area contributed by atoms with Gasteiger partial charge in [-0.3, -0.25) is 19.8 Å². The number of hydrogen-bond acceptors (Lipinski definition) is 5. The molecule has 0 unspecified atom stereocenters. The lowest BCUT2D eigenvalue weighted by Crippen LogP contribution is -2.36. The molecule has 2 rings (SSSR count). The maximum absolute atomic E-state index is 11.7. The van der Waals surface area contributed by atoms with E-state index in [1.165, 1.54) is 6.07 Å². The van der Waals surface area contributed by atoms with E-state index in [9.17, 15) is 14.9 Å². The van der Waals surface area contributed by atoms with Crippen molar-refractivity contribution in [2.24, 2.45) is 0 Å². The molecule has 0 radical (unpaired) electrons. The molecule has 0 atom stereocenters. The normalized spacial score (nSPS) is 14.0. The lowest BCUT2D eigenvalue weighted by molar-refractivity contribution is -0.384. The summed E-state index contributed by atoms with van der Waals surface area (Å²) in [5, 5.41) is 16.8. The molecule has 0 spiro atoms. The second kappa shape index (κ2) is 6.53. The van der Waals surface area contributed by atoms with Crippen molar-refractivity contribution >= 4 is 17.3 Å². The summed E-state index contributed by atoms with van der Waals surface area (Å²) < 4.78 is 0. The first kappa shape index (κ1) is 15.2. The molecule has 0 saturated heterocycles. The predicted octanol–water partition coefficient (Wildman–Crippen LogP) is 1.35. The van der Waals surface area contributed by atoms with Crippen molar-refractivity contribution in [2.75, 3.05) is 26.0 Å². The zero-order valence-electron chi connectivity index (χ0n) is 12.3. The topological polar surface area (TPSA) is 87.5 Å². The van der Waals surface area contributed by atoms with Crippen LogP contribution >= 0.6 is 0 Å². The van der Waals surface area contributed by atoms with Crippen LogP contribution in [-0.4, -0.2) is 42.4 Å². The Bertz CT molecular complexity index is 543. The van der Waals surface area contributed by atoms with Crippen molar-refractivity contribution in [1.29, 1.82) is 0 Å². The number of hydrogen-bond donors (Lipinski definition) is 2. The summed E-state index contributed by atoms with van der Waals surface area (Å²) in [4.78, 5) is 24.2. The Balaban J connectivity index is 2.02. The largest absolute Gasteiger partial charge is 0.382 e. The summed E-state index contributed by atoms with van der Waals surface area (Å²) in [6.07, 6.45) is 2.12. The zero-order valence-corrected chi connectivity index (χ0v) is 12.3. The monoisotopic (exact) mass is 292 g/mol. The van der Waals surface area contributed by atoms with Gasteiger partial charge in [-0.1, -0.05) is 12.1 Å². The molecular weight excluding hydrogens is 272 g/mol. The summed E-state index contributed by atoms with van der Waals surface area (Å²) in [7, 11) is 3.48. The van der Waals surface area contributed by atoms with E-state index in [0.29, 0.717) is 18.3 Å². The smallest absolute Gasteiger partial charge is 0.292 e. The van der Waals surface area contributed by atoms with Crippen molar-refractivity contribution in [3.8, 4) is 0 Å².